The highest BCUT2D eigenvalue weighted by Crippen LogP contribution is 2.44. The van der Waals surface area contributed by atoms with E-state index in [1.54, 1.807) is 0 Å². The first-order chi connectivity index (χ1) is 28.3. The molecule has 6 heteroatoms. The van der Waals surface area contributed by atoms with Crippen LogP contribution in [0.2, 0.25) is 0 Å². The molecule has 57 heavy (non-hydrogen) atoms. The molecule has 8 aromatic carbocycles. The number of aromatic nitrogens is 4. The number of hydrogen-bond acceptors (Lipinski definition) is 5. The monoisotopic (exact) mass is 730 g/mol. The van der Waals surface area contributed by atoms with Gasteiger partial charge in [-0.15, -0.1) is 0 Å². The Morgan fingerprint density at radius 2 is 0.825 bits per heavy atom. The number of nitrogens with zero attached hydrogens (tertiary/aromatic N) is 4. The second kappa shape index (κ2) is 12.3. The molecule has 0 saturated heterocycles. The lowest BCUT2D eigenvalue weighted by Gasteiger charge is -2.14. The van der Waals surface area contributed by atoms with E-state index in [1.165, 1.54) is 10.8 Å². The Balaban J connectivity index is 1.09. The second-order valence-corrected chi connectivity index (χ2v) is 14.3. The SMILES string of the molecule is c1ccc(-c2nc(-c3cccc4c3oc3ccccc34)nc(-c3cccc4c3oc3cccc(-c5ccccc5-n5c6ccccc6c6ccccc65)c34)n2)cc1. The van der Waals surface area contributed by atoms with Crippen LogP contribution in [-0.4, -0.2) is 19.5 Å². The summed E-state index contributed by atoms with van der Waals surface area (Å²) in [5.74, 6) is 1.61. The number of furan rings is 2. The van der Waals surface area contributed by atoms with Crippen molar-refractivity contribution in [3.05, 3.63) is 182 Å². The van der Waals surface area contributed by atoms with Crippen LogP contribution in [0.5, 0.6) is 0 Å². The Labute approximate surface area is 325 Å². The van der Waals surface area contributed by atoms with E-state index in [1.807, 2.05) is 72.8 Å². The van der Waals surface area contributed by atoms with E-state index in [2.05, 4.69) is 114 Å². The van der Waals surface area contributed by atoms with Gasteiger partial charge in [-0.25, -0.2) is 15.0 Å². The van der Waals surface area contributed by atoms with Crippen molar-refractivity contribution in [1.29, 1.82) is 0 Å². The van der Waals surface area contributed by atoms with Gasteiger partial charge in [-0.3, -0.25) is 0 Å². The Bertz CT molecular complexity index is 3490. The third kappa shape index (κ3) is 4.81. The van der Waals surface area contributed by atoms with Crippen molar-refractivity contribution in [2.24, 2.45) is 0 Å². The van der Waals surface area contributed by atoms with E-state index in [0.717, 1.165) is 82.8 Å². The van der Waals surface area contributed by atoms with Gasteiger partial charge in [0.25, 0.3) is 0 Å². The molecule has 0 amide bonds. The standard InChI is InChI=1S/C51H30N4O2/c1-2-15-31(16-3-1)49-52-50(39-24-12-22-37-35-20-7-11-29-44(35)56-47(37)39)54-51(53-49)40-25-13-23-38-46-36(21-14-30-45(46)57-48(38)40)34-19-6-10-28-43(34)55-41-26-8-4-17-32(41)33-18-5-9-27-42(33)55/h1-30H. The normalized spacial score (nSPS) is 11.9. The minimum absolute atomic E-state index is 0.517. The van der Waals surface area contributed by atoms with Crippen LogP contribution in [0, 0.1) is 0 Å². The van der Waals surface area contributed by atoms with Gasteiger partial charge in [0, 0.05) is 43.4 Å². The van der Waals surface area contributed by atoms with Crippen LogP contribution in [0.1, 0.15) is 0 Å². The molecule has 4 aromatic heterocycles. The smallest absolute Gasteiger partial charge is 0.167 e. The molecule has 0 unspecified atom stereocenters. The lowest BCUT2D eigenvalue weighted by molar-refractivity contribution is 0.669. The van der Waals surface area contributed by atoms with Crippen molar-refractivity contribution in [2.45, 2.75) is 0 Å². The first kappa shape index (κ1) is 31.5. The van der Waals surface area contributed by atoms with Gasteiger partial charge in [-0.2, -0.15) is 0 Å². The fourth-order valence-electron chi connectivity index (χ4n) is 8.58. The third-order valence-electron chi connectivity index (χ3n) is 11.1. The topological polar surface area (TPSA) is 69.9 Å². The minimum Gasteiger partial charge on any atom is -0.455 e. The van der Waals surface area contributed by atoms with Crippen LogP contribution < -0.4 is 0 Å². The van der Waals surface area contributed by atoms with Crippen molar-refractivity contribution in [3.63, 3.8) is 0 Å². The van der Waals surface area contributed by atoms with Crippen LogP contribution in [-0.2, 0) is 0 Å². The van der Waals surface area contributed by atoms with Gasteiger partial charge >= 0.3 is 0 Å². The molecule has 0 aliphatic heterocycles. The van der Waals surface area contributed by atoms with Gasteiger partial charge in [-0.1, -0.05) is 140 Å². The highest BCUT2D eigenvalue weighted by molar-refractivity contribution is 6.16. The summed E-state index contributed by atoms with van der Waals surface area (Å²) >= 11 is 0. The lowest BCUT2D eigenvalue weighted by Crippen LogP contribution is -2.00. The molecule has 0 fully saturated rings. The molecule has 12 aromatic rings. The summed E-state index contributed by atoms with van der Waals surface area (Å²) in [6.45, 7) is 0. The lowest BCUT2D eigenvalue weighted by atomic mass is 9.97. The van der Waals surface area contributed by atoms with E-state index in [4.69, 9.17) is 23.8 Å². The molecule has 0 atom stereocenters. The van der Waals surface area contributed by atoms with Gasteiger partial charge in [0.1, 0.15) is 22.3 Å². The van der Waals surface area contributed by atoms with Crippen LogP contribution in [0.4, 0.5) is 0 Å². The molecule has 266 valence electrons. The average Bonchev–Trinajstić information content (AvgIpc) is 3.96. The van der Waals surface area contributed by atoms with E-state index >= 15 is 0 Å². The Morgan fingerprint density at radius 1 is 0.333 bits per heavy atom. The number of benzene rings is 8. The maximum absolute atomic E-state index is 6.85. The van der Waals surface area contributed by atoms with Crippen molar-refractivity contribution in [1.82, 2.24) is 19.5 Å². The summed E-state index contributed by atoms with van der Waals surface area (Å²) in [6.07, 6.45) is 0. The van der Waals surface area contributed by atoms with Crippen molar-refractivity contribution in [3.8, 4) is 51.0 Å². The summed E-state index contributed by atoms with van der Waals surface area (Å²) in [4.78, 5) is 15.4. The second-order valence-electron chi connectivity index (χ2n) is 14.3. The molecular weight excluding hydrogens is 701 g/mol. The molecule has 0 N–H and O–H groups in total. The number of para-hydroxylation sites is 6. The van der Waals surface area contributed by atoms with Gasteiger partial charge in [0.05, 0.1) is 27.8 Å². The first-order valence-electron chi connectivity index (χ1n) is 19.0. The summed E-state index contributed by atoms with van der Waals surface area (Å²) < 4.78 is 15.7. The van der Waals surface area contributed by atoms with E-state index < -0.39 is 0 Å². The molecule has 0 aliphatic carbocycles. The summed E-state index contributed by atoms with van der Waals surface area (Å²) in [5.41, 5.74) is 11.1. The third-order valence-corrected chi connectivity index (χ3v) is 11.1. The van der Waals surface area contributed by atoms with Gasteiger partial charge in [0.2, 0.25) is 0 Å². The Hall–Kier alpha value is -7.83. The molecule has 12 rings (SSSR count). The fourth-order valence-corrected chi connectivity index (χ4v) is 8.58. The summed E-state index contributed by atoms with van der Waals surface area (Å²) in [7, 11) is 0. The highest BCUT2D eigenvalue weighted by atomic mass is 16.3. The van der Waals surface area contributed by atoms with E-state index in [-0.39, 0.29) is 0 Å². The Kier molecular flexibility index (Phi) is 6.83. The predicted octanol–water partition coefficient (Wildman–Crippen LogP) is 13.4. The molecule has 0 spiro atoms. The molecule has 0 aliphatic rings. The Morgan fingerprint density at radius 3 is 1.58 bits per heavy atom. The molecule has 0 saturated carbocycles. The molecule has 6 nitrogen and oxygen atoms in total. The van der Waals surface area contributed by atoms with Gasteiger partial charge in [-0.05, 0) is 48.0 Å². The van der Waals surface area contributed by atoms with Crippen LogP contribution in [0.15, 0.2) is 191 Å². The van der Waals surface area contributed by atoms with Crippen molar-refractivity contribution in [2.75, 3.05) is 0 Å². The maximum atomic E-state index is 6.85. The number of rotatable bonds is 5. The molecule has 0 radical (unpaired) electrons. The van der Waals surface area contributed by atoms with Crippen LogP contribution in [0.3, 0.4) is 0 Å². The fraction of sp³-hybridized carbons (Fsp3) is 0. The van der Waals surface area contributed by atoms with Gasteiger partial charge < -0.3 is 13.4 Å². The average molecular weight is 731 g/mol. The van der Waals surface area contributed by atoms with Crippen LogP contribution >= 0.6 is 0 Å². The minimum atomic E-state index is 0.517. The highest BCUT2D eigenvalue weighted by Gasteiger charge is 2.23. The zero-order chi connectivity index (χ0) is 37.5. The predicted molar refractivity (Wildman–Crippen MR) is 230 cm³/mol. The summed E-state index contributed by atoms with van der Waals surface area (Å²) in [5, 5.41) is 6.53. The van der Waals surface area contributed by atoms with Crippen molar-refractivity contribution >= 4 is 65.7 Å². The molecule has 4 heterocycles. The molecular formula is C51H30N4O2. The summed E-state index contributed by atoms with van der Waals surface area (Å²) in [6, 6.07) is 62.7. The van der Waals surface area contributed by atoms with E-state index in [9.17, 15) is 0 Å². The number of hydrogen-bond donors (Lipinski definition) is 0. The number of fused-ring (bicyclic) bond motifs is 9. The maximum Gasteiger partial charge on any atom is 0.167 e. The quantitative estimate of drug-likeness (QED) is 0.176. The van der Waals surface area contributed by atoms with Crippen LogP contribution in [0.25, 0.3) is 117 Å². The largest absolute Gasteiger partial charge is 0.455 e. The van der Waals surface area contributed by atoms with E-state index in [0.29, 0.717) is 23.1 Å². The molecule has 0 bridgehead atoms. The zero-order valence-electron chi connectivity index (χ0n) is 30.4. The van der Waals surface area contributed by atoms with Crippen molar-refractivity contribution < 1.29 is 8.83 Å². The zero-order valence-corrected chi connectivity index (χ0v) is 30.4. The first-order valence-corrected chi connectivity index (χ1v) is 19.0. The van der Waals surface area contributed by atoms with Gasteiger partial charge in [0.15, 0.2) is 17.5 Å².